The SMILES string of the molecule is CC(=O)NC(CO)C(=O)NC(C)C(=O)N1CCC=C1B(O)O. The minimum absolute atomic E-state index is 0.0756. The van der Waals surface area contributed by atoms with Crippen LogP contribution in [0.5, 0.6) is 0 Å². The van der Waals surface area contributed by atoms with Crippen molar-refractivity contribution < 1.29 is 29.5 Å². The van der Waals surface area contributed by atoms with Crippen LogP contribution in [0.4, 0.5) is 0 Å². The van der Waals surface area contributed by atoms with Crippen molar-refractivity contribution in [2.75, 3.05) is 13.2 Å². The first-order valence-corrected chi connectivity index (χ1v) is 6.83. The quantitative estimate of drug-likeness (QED) is 0.334. The lowest BCUT2D eigenvalue weighted by Gasteiger charge is -2.25. The van der Waals surface area contributed by atoms with Gasteiger partial charge in [0.05, 0.1) is 6.61 Å². The van der Waals surface area contributed by atoms with Gasteiger partial charge < -0.3 is 30.7 Å². The molecule has 0 radical (unpaired) electrons. The van der Waals surface area contributed by atoms with Crippen LogP contribution in [-0.2, 0) is 14.4 Å². The fraction of sp³-hybridized carbons (Fsp3) is 0.583. The third-order valence-electron chi connectivity index (χ3n) is 3.15. The minimum Gasteiger partial charge on any atom is -0.422 e. The molecule has 0 fully saturated rings. The number of aliphatic hydroxyl groups excluding tert-OH is 1. The average Bonchev–Trinajstić information content (AvgIpc) is 2.92. The summed E-state index contributed by atoms with van der Waals surface area (Å²) in [5, 5.41) is 32.1. The van der Waals surface area contributed by atoms with Gasteiger partial charge in [-0.05, 0) is 13.3 Å². The van der Waals surface area contributed by atoms with Gasteiger partial charge in [0.1, 0.15) is 12.1 Å². The molecule has 1 rings (SSSR count). The molecule has 2 atom stereocenters. The van der Waals surface area contributed by atoms with Crippen LogP contribution in [0.25, 0.3) is 0 Å². The highest BCUT2D eigenvalue weighted by Gasteiger charge is 2.33. The first-order chi connectivity index (χ1) is 10.3. The van der Waals surface area contributed by atoms with E-state index in [1.54, 1.807) is 0 Å². The Bertz CT molecular complexity index is 481. The Hall–Kier alpha value is -1.91. The second-order valence-corrected chi connectivity index (χ2v) is 4.95. The molecular weight excluding hydrogens is 293 g/mol. The second kappa shape index (κ2) is 7.92. The number of nitrogens with zero attached hydrogens (tertiary/aromatic N) is 1. The molecule has 0 aliphatic carbocycles. The Balaban J connectivity index is 2.66. The lowest BCUT2D eigenvalue weighted by atomic mass is 9.85. The summed E-state index contributed by atoms with van der Waals surface area (Å²) < 4.78 is 0. The van der Waals surface area contributed by atoms with Crippen LogP contribution in [0.15, 0.2) is 11.7 Å². The Morgan fingerprint density at radius 3 is 2.50 bits per heavy atom. The van der Waals surface area contributed by atoms with Gasteiger partial charge in [0.2, 0.25) is 17.7 Å². The summed E-state index contributed by atoms with van der Waals surface area (Å²) in [6.45, 7) is 2.33. The molecule has 0 spiro atoms. The predicted octanol–water partition coefficient (Wildman–Crippen LogP) is -2.88. The number of carbonyl (C=O) groups excluding carboxylic acids is 3. The Labute approximate surface area is 128 Å². The second-order valence-electron chi connectivity index (χ2n) is 4.95. The topological polar surface area (TPSA) is 139 Å². The molecule has 1 aliphatic heterocycles. The summed E-state index contributed by atoms with van der Waals surface area (Å²) in [5.74, 6) is -1.70. The smallest absolute Gasteiger partial charge is 0.422 e. The van der Waals surface area contributed by atoms with E-state index in [-0.39, 0.29) is 5.60 Å². The molecule has 3 amide bonds. The van der Waals surface area contributed by atoms with Crippen molar-refractivity contribution in [2.45, 2.75) is 32.4 Å². The molecule has 1 aliphatic rings. The van der Waals surface area contributed by atoms with Gasteiger partial charge in [0.15, 0.2) is 0 Å². The molecule has 9 nitrogen and oxygen atoms in total. The molecule has 22 heavy (non-hydrogen) atoms. The Kier molecular flexibility index (Phi) is 6.53. The number of carbonyl (C=O) groups is 3. The highest BCUT2D eigenvalue weighted by atomic mass is 16.4. The van der Waals surface area contributed by atoms with E-state index in [1.807, 2.05) is 0 Å². The number of hydrogen-bond acceptors (Lipinski definition) is 6. The van der Waals surface area contributed by atoms with E-state index in [2.05, 4.69) is 10.6 Å². The first kappa shape index (κ1) is 18.1. The summed E-state index contributed by atoms with van der Waals surface area (Å²) in [6, 6.07) is -2.10. The third kappa shape index (κ3) is 4.55. The monoisotopic (exact) mass is 313 g/mol. The van der Waals surface area contributed by atoms with E-state index in [9.17, 15) is 24.4 Å². The van der Waals surface area contributed by atoms with Crippen molar-refractivity contribution in [2.24, 2.45) is 0 Å². The van der Waals surface area contributed by atoms with E-state index in [0.29, 0.717) is 13.0 Å². The molecule has 10 heteroatoms. The van der Waals surface area contributed by atoms with Crippen LogP contribution in [0, 0.1) is 0 Å². The molecular formula is C12H20BN3O6. The number of hydrogen-bond donors (Lipinski definition) is 5. The molecule has 122 valence electrons. The molecule has 2 unspecified atom stereocenters. The van der Waals surface area contributed by atoms with Crippen LogP contribution < -0.4 is 10.6 Å². The maximum atomic E-state index is 12.2. The molecule has 1 heterocycles. The van der Waals surface area contributed by atoms with Gasteiger partial charge in [0, 0.05) is 19.1 Å². The van der Waals surface area contributed by atoms with Crippen molar-refractivity contribution in [1.29, 1.82) is 0 Å². The van der Waals surface area contributed by atoms with E-state index in [4.69, 9.17) is 5.11 Å². The van der Waals surface area contributed by atoms with Gasteiger partial charge in [-0.25, -0.2) is 0 Å². The fourth-order valence-electron chi connectivity index (χ4n) is 2.11. The van der Waals surface area contributed by atoms with Crippen LogP contribution in [0.1, 0.15) is 20.3 Å². The van der Waals surface area contributed by atoms with Gasteiger partial charge in [-0.15, -0.1) is 0 Å². The van der Waals surface area contributed by atoms with Crippen molar-refractivity contribution in [3.63, 3.8) is 0 Å². The van der Waals surface area contributed by atoms with Crippen LogP contribution in [0.3, 0.4) is 0 Å². The standard InChI is InChI=1S/C12H20BN3O6/c1-7(14-11(19)9(6-17)15-8(2)18)12(20)16-5-3-4-10(16)13(21)22/h4,7,9,17,21-22H,3,5-6H2,1-2H3,(H,14,19)(H,15,18). The maximum absolute atomic E-state index is 12.2. The van der Waals surface area contributed by atoms with E-state index >= 15 is 0 Å². The molecule has 0 bridgehead atoms. The van der Waals surface area contributed by atoms with Gasteiger partial charge in [-0.2, -0.15) is 0 Å². The molecule has 0 aromatic carbocycles. The lowest BCUT2D eigenvalue weighted by Crippen LogP contribution is -2.54. The average molecular weight is 313 g/mol. The van der Waals surface area contributed by atoms with Crippen molar-refractivity contribution >= 4 is 24.8 Å². The van der Waals surface area contributed by atoms with Crippen LogP contribution in [0.2, 0.25) is 0 Å². The highest BCUT2D eigenvalue weighted by molar-refractivity contribution is 6.51. The van der Waals surface area contributed by atoms with Gasteiger partial charge in [0.25, 0.3) is 0 Å². The van der Waals surface area contributed by atoms with E-state index in [0.717, 1.165) is 0 Å². The zero-order chi connectivity index (χ0) is 16.9. The molecule has 5 N–H and O–H groups in total. The normalized spacial score (nSPS) is 16.6. The largest absolute Gasteiger partial charge is 0.505 e. The fourth-order valence-corrected chi connectivity index (χ4v) is 2.11. The molecule has 0 aromatic rings. The summed E-state index contributed by atoms with van der Waals surface area (Å²) in [6.07, 6.45) is 2.02. The maximum Gasteiger partial charge on any atom is 0.505 e. The van der Waals surface area contributed by atoms with E-state index < -0.39 is 43.5 Å². The van der Waals surface area contributed by atoms with Crippen molar-refractivity contribution in [3.05, 3.63) is 11.7 Å². The summed E-state index contributed by atoms with van der Waals surface area (Å²) in [5.41, 5.74) is 0.0756. The number of rotatable bonds is 6. The Morgan fingerprint density at radius 1 is 1.36 bits per heavy atom. The zero-order valence-corrected chi connectivity index (χ0v) is 12.4. The Morgan fingerprint density at radius 2 is 2.00 bits per heavy atom. The number of aliphatic hydroxyl groups is 1. The van der Waals surface area contributed by atoms with E-state index in [1.165, 1.54) is 24.8 Å². The minimum atomic E-state index is -1.76. The van der Waals surface area contributed by atoms with Gasteiger partial charge in [-0.3, -0.25) is 14.4 Å². The van der Waals surface area contributed by atoms with Crippen molar-refractivity contribution in [1.82, 2.24) is 15.5 Å². The van der Waals surface area contributed by atoms with Crippen molar-refractivity contribution in [3.8, 4) is 0 Å². The molecule has 0 saturated carbocycles. The third-order valence-corrected chi connectivity index (χ3v) is 3.15. The molecule has 0 saturated heterocycles. The predicted molar refractivity (Wildman–Crippen MR) is 76.9 cm³/mol. The van der Waals surface area contributed by atoms with Gasteiger partial charge >= 0.3 is 7.12 Å². The number of amides is 3. The highest BCUT2D eigenvalue weighted by Crippen LogP contribution is 2.17. The summed E-state index contributed by atoms with van der Waals surface area (Å²) in [7, 11) is -1.76. The summed E-state index contributed by atoms with van der Waals surface area (Å²) in [4.78, 5) is 36.2. The van der Waals surface area contributed by atoms with Gasteiger partial charge in [-0.1, -0.05) is 6.08 Å². The first-order valence-electron chi connectivity index (χ1n) is 6.83. The van der Waals surface area contributed by atoms with Crippen LogP contribution >= 0.6 is 0 Å². The lowest BCUT2D eigenvalue weighted by molar-refractivity contribution is -0.135. The molecule has 0 aromatic heterocycles. The summed E-state index contributed by atoms with van der Waals surface area (Å²) >= 11 is 0. The zero-order valence-electron chi connectivity index (χ0n) is 12.4. The number of nitrogens with one attached hydrogen (secondary N) is 2. The van der Waals surface area contributed by atoms with Crippen LogP contribution in [-0.4, -0.2) is 70.1 Å².